The average molecular weight is 613 g/mol. The molecule has 3 aromatic carbocycles. The summed E-state index contributed by atoms with van der Waals surface area (Å²) in [5, 5.41) is 20.0. The van der Waals surface area contributed by atoms with Gasteiger partial charge in [0.1, 0.15) is 19.6 Å². The second-order valence-corrected chi connectivity index (χ2v) is 13.4. The molecule has 228 valence electrons. The molecule has 1 unspecified atom stereocenters. The van der Waals surface area contributed by atoms with Gasteiger partial charge in [0, 0.05) is 82.5 Å². The topological polar surface area (TPSA) is 116 Å². The molecule has 2 aliphatic heterocycles. The number of hydrogen-bond acceptors (Lipinski definition) is 6. The zero-order chi connectivity index (χ0) is 31.3. The molecule has 1 atom stereocenters. The van der Waals surface area contributed by atoms with E-state index in [2.05, 4.69) is 6.07 Å². The Labute approximate surface area is 260 Å². The third-order valence-corrected chi connectivity index (χ3v) is 9.95. The highest BCUT2D eigenvalue weighted by atomic mass is 32.2. The minimum absolute atomic E-state index is 0.0385. The van der Waals surface area contributed by atoms with E-state index >= 15 is 0 Å². The summed E-state index contributed by atoms with van der Waals surface area (Å²) in [6.07, 6.45) is 4.69. The van der Waals surface area contributed by atoms with Crippen LogP contribution >= 0.6 is 0 Å². The molecule has 2 aliphatic rings. The van der Waals surface area contributed by atoms with Gasteiger partial charge >= 0.3 is 0 Å². The van der Waals surface area contributed by atoms with Crippen molar-refractivity contribution in [2.24, 2.45) is 11.8 Å². The molecule has 9 heteroatoms. The van der Waals surface area contributed by atoms with Gasteiger partial charge in [0.2, 0.25) is 0 Å². The Bertz CT molecular complexity index is 1560. The van der Waals surface area contributed by atoms with Crippen molar-refractivity contribution in [3.05, 3.63) is 101 Å². The number of ketones is 2. The lowest BCUT2D eigenvalue weighted by Crippen LogP contribution is -2.49. The first-order valence-electron chi connectivity index (χ1n) is 15.1. The number of rotatable bonds is 9. The predicted octanol–water partition coefficient (Wildman–Crippen LogP) is 5.42. The van der Waals surface area contributed by atoms with Gasteiger partial charge < -0.3 is 4.90 Å². The van der Waals surface area contributed by atoms with E-state index in [4.69, 9.17) is 5.26 Å². The van der Waals surface area contributed by atoms with Gasteiger partial charge in [-0.1, -0.05) is 36.4 Å². The van der Waals surface area contributed by atoms with Crippen LogP contribution in [0, 0.1) is 23.2 Å². The Balaban J connectivity index is 1.08. The average Bonchev–Trinajstić information content (AvgIpc) is 3.05. The fourth-order valence-corrected chi connectivity index (χ4v) is 6.76. The number of likely N-dealkylation sites (tertiary alicyclic amines) is 2. The highest BCUT2D eigenvalue weighted by molar-refractivity contribution is 7.84. The molecule has 44 heavy (non-hydrogen) atoms. The van der Waals surface area contributed by atoms with Crippen LogP contribution in [0.2, 0.25) is 0 Å². The van der Waals surface area contributed by atoms with Gasteiger partial charge in [-0.15, -0.1) is 0 Å². The summed E-state index contributed by atoms with van der Waals surface area (Å²) in [5.41, 5.74) is 3.29. The summed E-state index contributed by atoms with van der Waals surface area (Å²) in [7, 11) is -1.09. The number of hydroxylamine groups is 3. The van der Waals surface area contributed by atoms with Gasteiger partial charge in [0.15, 0.2) is 11.6 Å². The van der Waals surface area contributed by atoms with E-state index < -0.39 is 10.8 Å². The summed E-state index contributed by atoms with van der Waals surface area (Å²) in [6.45, 7) is 2.60. The summed E-state index contributed by atoms with van der Waals surface area (Å²) < 4.78 is 11.6. The van der Waals surface area contributed by atoms with Gasteiger partial charge in [0.25, 0.3) is 5.91 Å². The number of carbonyl (C=O) groups is 3. The first-order valence-corrected chi connectivity index (χ1v) is 16.7. The molecule has 2 fully saturated rings. The largest absolute Gasteiger partial charge is 0.339 e. The molecule has 0 aliphatic carbocycles. The maximum Gasteiger partial charge on any atom is 0.253 e. The molecule has 5 rings (SSSR count). The van der Waals surface area contributed by atoms with E-state index in [1.54, 1.807) is 71.8 Å². The number of benzene rings is 3. The van der Waals surface area contributed by atoms with E-state index in [1.807, 2.05) is 12.1 Å². The number of amides is 1. The van der Waals surface area contributed by atoms with E-state index in [0.29, 0.717) is 79.1 Å². The quantitative estimate of drug-likeness (QED) is 0.255. The molecule has 2 heterocycles. The predicted molar refractivity (Wildman–Crippen MR) is 166 cm³/mol. The van der Waals surface area contributed by atoms with Crippen LogP contribution in [0.15, 0.2) is 77.7 Å². The third-order valence-electron chi connectivity index (χ3n) is 9.02. The van der Waals surface area contributed by atoms with Crippen LogP contribution < -0.4 is 0 Å². The summed E-state index contributed by atoms with van der Waals surface area (Å²) >= 11 is 0. The lowest BCUT2D eigenvalue weighted by molar-refractivity contribution is -1.12. The third kappa shape index (κ3) is 7.56. The first-order chi connectivity index (χ1) is 21.1. The Morgan fingerprint density at radius 3 is 2.00 bits per heavy atom. The van der Waals surface area contributed by atoms with E-state index in [1.165, 1.54) is 0 Å². The highest BCUT2D eigenvalue weighted by Gasteiger charge is 2.34. The van der Waals surface area contributed by atoms with Crippen molar-refractivity contribution < 1.29 is 28.4 Å². The molecule has 1 N–H and O–H groups in total. The number of nitriles is 1. The van der Waals surface area contributed by atoms with Gasteiger partial charge in [-0.25, -0.2) is 5.21 Å². The van der Waals surface area contributed by atoms with Crippen molar-refractivity contribution in [2.75, 3.05) is 32.4 Å². The van der Waals surface area contributed by atoms with Gasteiger partial charge in [-0.2, -0.15) is 9.91 Å². The smallest absolute Gasteiger partial charge is 0.253 e. The molecule has 0 spiro atoms. The van der Waals surface area contributed by atoms with Gasteiger partial charge in [-0.3, -0.25) is 18.6 Å². The number of nitrogens with zero attached hydrogens (tertiary/aromatic N) is 3. The monoisotopic (exact) mass is 612 g/mol. The highest BCUT2D eigenvalue weighted by Crippen LogP contribution is 2.28. The van der Waals surface area contributed by atoms with Crippen LogP contribution in [-0.4, -0.2) is 68.9 Å². The number of quaternary nitrogens is 1. The van der Waals surface area contributed by atoms with Crippen LogP contribution in [0.4, 0.5) is 0 Å². The standard InChI is InChI=1S/C35H38N3O5S/c1-44(43)32-12-10-29(11-13-32)34(40)30-14-18-37(19-15-30)35(41)31-8-6-28(7-9-31)33(39)22-25-16-20-38(42,21-17-25)24-27-4-2-26(23-36)3-5-27/h2-13,25,30,42H,14-22,24H2,1H3/q+1. The van der Waals surface area contributed by atoms with Crippen LogP contribution in [-0.2, 0) is 17.3 Å². The Kier molecular flexibility index (Phi) is 9.84. The van der Waals surface area contributed by atoms with Crippen molar-refractivity contribution in [3.8, 4) is 6.07 Å². The van der Waals surface area contributed by atoms with Crippen molar-refractivity contribution in [2.45, 2.75) is 43.5 Å². The molecule has 8 nitrogen and oxygen atoms in total. The minimum Gasteiger partial charge on any atom is -0.339 e. The molecule has 2 saturated heterocycles. The molecule has 1 amide bonds. The molecular weight excluding hydrogens is 574 g/mol. The number of Topliss-reactive ketones (excluding diaryl/α,β-unsaturated/α-hetero) is 2. The number of piperidine rings is 2. The molecule has 0 aromatic heterocycles. The molecule has 0 saturated carbocycles. The minimum atomic E-state index is -1.09. The van der Waals surface area contributed by atoms with Crippen LogP contribution in [0.1, 0.15) is 74.3 Å². The number of carbonyl (C=O) groups excluding carboxylic acids is 3. The molecule has 3 aromatic rings. The lowest BCUT2D eigenvalue weighted by atomic mass is 9.88. The zero-order valence-corrected chi connectivity index (χ0v) is 25.8. The summed E-state index contributed by atoms with van der Waals surface area (Å²) in [6, 6.07) is 23.2. The maximum atomic E-state index is 13.2. The van der Waals surface area contributed by atoms with Crippen molar-refractivity contribution in [1.29, 1.82) is 5.26 Å². The maximum absolute atomic E-state index is 13.2. The molecule has 0 radical (unpaired) electrons. The summed E-state index contributed by atoms with van der Waals surface area (Å²) in [5.74, 6) is 0.0393. The fraction of sp³-hybridized carbons (Fsp3) is 0.371. The van der Waals surface area contributed by atoms with Crippen LogP contribution in [0.3, 0.4) is 0 Å². The summed E-state index contributed by atoms with van der Waals surface area (Å²) in [4.78, 5) is 41.6. The Hall–Kier alpha value is -3.97. The lowest BCUT2D eigenvalue weighted by Gasteiger charge is -2.36. The Morgan fingerprint density at radius 1 is 0.864 bits per heavy atom. The van der Waals surface area contributed by atoms with Crippen LogP contribution in [0.25, 0.3) is 0 Å². The van der Waals surface area contributed by atoms with Crippen molar-refractivity contribution in [3.63, 3.8) is 0 Å². The Morgan fingerprint density at radius 2 is 1.43 bits per heavy atom. The van der Waals surface area contributed by atoms with Crippen molar-refractivity contribution >= 4 is 28.3 Å². The fourth-order valence-electron chi connectivity index (χ4n) is 6.24. The van der Waals surface area contributed by atoms with Crippen molar-refractivity contribution in [1.82, 2.24) is 4.90 Å². The molecule has 0 bridgehead atoms. The van der Waals surface area contributed by atoms with E-state index in [9.17, 15) is 23.8 Å². The second kappa shape index (κ2) is 13.8. The second-order valence-electron chi connectivity index (χ2n) is 12.1. The zero-order valence-electron chi connectivity index (χ0n) is 25.0. The first kappa shape index (κ1) is 31.5. The van der Waals surface area contributed by atoms with Gasteiger partial charge in [0.05, 0.1) is 11.6 Å². The van der Waals surface area contributed by atoms with E-state index in [-0.39, 0.29) is 34.0 Å². The molecular formula is C35H38N3O5S+. The van der Waals surface area contributed by atoms with Crippen LogP contribution in [0.5, 0.6) is 0 Å². The SMILES string of the molecule is CS(=O)c1ccc(C(=O)C2CCN(C(=O)c3ccc(C(=O)CC4CC[N+](O)(Cc5ccc(C#N)cc5)CC4)cc3)CC2)cc1. The number of hydrogen-bond donors (Lipinski definition) is 1. The van der Waals surface area contributed by atoms with Gasteiger partial charge in [-0.05, 0) is 55.2 Å². The van der Waals surface area contributed by atoms with E-state index in [0.717, 1.165) is 18.4 Å². The normalized spacial score (nSPS) is 21.3.